The smallest absolute Gasteiger partial charge is 0.411 e. The Morgan fingerprint density at radius 1 is 1.04 bits per heavy atom. The van der Waals surface area contributed by atoms with Crippen LogP contribution < -0.4 is 14.8 Å². The summed E-state index contributed by atoms with van der Waals surface area (Å²) in [6.45, 7) is 1.88. The van der Waals surface area contributed by atoms with Gasteiger partial charge >= 0.3 is 6.09 Å². The molecule has 7 nitrogen and oxygen atoms in total. The van der Waals surface area contributed by atoms with E-state index >= 15 is 0 Å². The van der Waals surface area contributed by atoms with Gasteiger partial charge in [-0.1, -0.05) is 17.7 Å². The number of hydrogen-bond acceptors (Lipinski definition) is 5. The lowest BCUT2D eigenvalue weighted by Crippen LogP contribution is -2.14. The third kappa shape index (κ3) is 4.17. The summed E-state index contributed by atoms with van der Waals surface area (Å²) in [7, 11) is -1.06. The molecule has 2 rings (SSSR count). The number of carbonyl (C=O) groups excluding carboxylic acids is 1. The Kier molecular flexibility index (Phi) is 5.30. The highest BCUT2D eigenvalue weighted by Gasteiger charge is 2.15. The second-order valence-corrected chi connectivity index (χ2v) is 6.63. The first-order chi connectivity index (χ1) is 11.4. The highest BCUT2D eigenvalue weighted by atomic mass is 32.2. The van der Waals surface area contributed by atoms with Crippen molar-refractivity contribution in [1.29, 1.82) is 0 Å². The average molecular weight is 350 g/mol. The molecule has 8 heteroatoms. The summed E-state index contributed by atoms with van der Waals surface area (Å²) < 4.78 is 36.9. The van der Waals surface area contributed by atoms with Crippen LogP contribution in [0.25, 0.3) is 0 Å². The minimum Gasteiger partial charge on any atom is -0.494 e. The quantitative estimate of drug-likeness (QED) is 0.864. The fraction of sp³-hybridized carbons (Fsp3) is 0.188. The standard InChI is InChI=1S/C16H18N2O5S/c1-11-4-7-13(8-5-11)24(20,21)18-12-6-9-14(15(10-12)22-2)17-16(19)23-3/h4-10,18H,1-3H3,(H,17,19). The maximum atomic E-state index is 12.4. The second-order valence-electron chi connectivity index (χ2n) is 4.95. The van der Waals surface area contributed by atoms with Crippen LogP contribution in [-0.4, -0.2) is 28.7 Å². The Morgan fingerprint density at radius 3 is 2.29 bits per heavy atom. The van der Waals surface area contributed by atoms with E-state index in [-0.39, 0.29) is 4.90 Å². The van der Waals surface area contributed by atoms with E-state index in [0.29, 0.717) is 17.1 Å². The molecule has 24 heavy (non-hydrogen) atoms. The molecule has 1 amide bonds. The molecule has 0 spiro atoms. The number of aryl methyl sites for hydroxylation is 1. The van der Waals surface area contributed by atoms with Crippen molar-refractivity contribution in [2.75, 3.05) is 24.3 Å². The normalized spacial score (nSPS) is 10.8. The minimum absolute atomic E-state index is 0.156. The molecular formula is C16H18N2O5S. The largest absolute Gasteiger partial charge is 0.494 e. The van der Waals surface area contributed by atoms with Gasteiger partial charge in [0.1, 0.15) is 5.75 Å². The molecule has 0 fully saturated rings. The van der Waals surface area contributed by atoms with Crippen molar-refractivity contribution in [3.05, 3.63) is 48.0 Å². The van der Waals surface area contributed by atoms with E-state index in [1.807, 2.05) is 6.92 Å². The number of methoxy groups -OCH3 is 2. The maximum absolute atomic E-state index is 12.4. The molecule has 0 aliphatic carbocycles. The third-order valence-electron chi connectivity index (χ3n) is 3.21. The Bertz CT molecular complexity index is 832. The first-order valence-corrected chi connectivity index (χ1v) is 8.46. The number of ether oxygens (including phenoxy) is 2. The average Bonchev–Trinajstić information content (AvgIpc) is 2.56. The van der Waals surface area contributed by atoms with Crippen LogP contribution in [0.2, 0.25) is 0 Å². The summed E-state index contributed by atoms with van der Waals surface area (Å²) in [6.07, 6.45) is -0.652. The number of hydrogen-bond donors (Lipinski definition) is 2. The van der Waals surface area contributed by atoms with Crippen molar-refractivity contribution >= 4 is 27.5 Å². The van der Waals surface area contributed by atoms with E-state index in [1.165, 1.54) is 44.6 Å². The molecule has 2 aromatic rings. The molecule has 0 aliphatic heterocycles. The fourth-order valence-electron chi connectivity index (χ4n) is 1.95. The molecule has 0 bridgehead atoms. The van der Waals surface area contributed by atoms with Gasteiger partial charge in [0.25, 0.3) is 10.0 Å². The van der Waals surface area contributed by atoms with Crippen LogP contribution >= 0.6 is 0 Å². The van der Waals surface area contributed by atoms with Gasteiger partial charge in [-0.25, -0.2) is 13.2 Å². The number of benzene rings is 2. The van der Waals surface area contributed by atoms with E-state index < -0.39 is 16.1 Å². The predicted molar refractivity (Wildman–Crippen MR) is 91.0 cm³/mol. The van der Waals surface area contributed by atoms with Crippen LogP contribution in [0.5, 0.6) is 5.75 Å². The lowest BCUT2D eigenvalue weighted by molar-refractivity contribution is 0.187. The Morgan fingerprint density at radius 2 is 1.71 bits per heavy atom. The van der Waals surface area contributed by atoms with Crippen LogP contribution in [0, 0.1) is 6.92 Å². The topological polar surface area (TPSA) is 93.7 Å². The molecule has 2 N–H and O–H groups in total. The van der Waals surface area contributed by atoms with Gasteiger partial charge in [-0.05, 0) is 31.2 Å². The molecule has 0 saturated heterocycles. The molecular weight excluding hydrogens is 332 g/mol. The summed E-state index contributed by atoms with van der Waals surface area (Å²) in [4.78, 5) is 11.4. The molecule has 0 aliphatic rings. The van der Waals surface area contributed by atoms with E-state index in [9.17, 15) is 13.2 Å². The van der Waals surface area contributed by atoms with Gasteiger partial charge in [0.15, 0.2) is 0 Å². The van der Waals surface area contributed by atoms with Crippen LogP contribution in [0.3, 0.4) is 0 Å². The van der Waals surface area contributed by atoms with E-state index in [4.69, 9.17) is 4.74 Å². The van der Waals surface area contributed by atoms with Crippen LogP contribution in [0.15, 0.2) is 47.4 Å². The predicted octanol–water partition coefficient (Wildman–Crippen LogP) is 2.98. The van der Waals surface area contributed by atoms with Gasteiger partial charge in [-0.15, -0.1) is 0 Å². The van der Waals surface area contributed by atoms with Gasteiger partial charge in [-0.3, -0.25) is 10.0 Å². The van der Waals surface area contributed by atoms with E-state index in [0.717, 1.165) is 5.56 Å². The number of carbonyl (C=O) groups is 1. The Balaban J connectivity index is 2.26. The van der Waals surface area contributed by atoms with Crippen molar-refractivity contribution < 1.29 is 22.7 Å². The molecule has 0 unspecified atom stereocenters. The first kappa shape index (κ1) is 17.6. The Hall–Kier alpha value is -2.74. The Labute approximate surface area is 140 Å². The van der Waals surface area contributed by atoms with Crippen molar-refractivity contribution in [2.24, 2.45) is 0 Å². The molecule has 0 heterocycles. The lowest BCUT2D eigenvalue weighted by Gasteiger charge is -2.13. The molecule has 0 saturated carbocycles. The van der Waals surface area contributed by atoms with Crippen molar-refractivity contribution in [2.45, 2.75) is 11.8 Å². The molecule has 128 valence electrons. The van der Waals surface area contributed by atoms with Gasteiger partial charge in [0.05, 0.1) is 30.5 Å². The maximum Gasteiger partial charge on any atom is 0.411 e. The zero-order valence-corrected chi connectivity index (χ0v) is 14.3. The first-order valence-electron chi connectivity index (χ1n) is 6.98. The second kappa shape index (κ2) is 7.22. The van der Waals surface area contributed by atoms with E-state index in [1.54, 1.807) is 12.1 Å². The highest BCUT2D eigenvalue weighted by molar-refractivity contribution is 7.92. The van der Waals surface area contributed by atoms with Crippen molar-refractivity contribution in [1.82, 2.24) is 0 Å². The summed E-state index contributed by atoms with van der Waals surface area (Å²) >= 11 is 0. The summed E-state index contributed by atoms with van der Waals surface area (Å²) in [5.41, 5.74) is 1.64. The lowest BCUT2D eigenvalue weighted by atomic mass is 10.2. The van der Waals surface area contributed by atoms with Crippen LogP contribution in [-0.2, 0) is 14.8 Å². The van der Waals surface area contributed by atoms with Crippen LogP contribution in [0.1, 0.15) is 5.56 Å². The van der Waals surface area contributed by atoms with Gasteiger partial charge < -0.3 is 9.47 Å². The summed E-state index contributed by atoms with van der Waals surface area (Å²) in [5.74, 6) is 0.296. The summed E-state index contributed by atoms with van der Waals surface area (Å²) in [5, 5.41) is 2.48. The monoisotopic (exact) mass is 350 g/mol. The fourth-order valence-corrected chi connectivity index (χ4v) is 3.00. The number of amides is 1. The molecule has 0 aromatic heterocycles. The zero-order chi connectivity index (χ0) is 17.7. The number of sulfonamides is 1. The highest BCUT2D eigenvalue weighted by Crippen LogP contribution is 2.29. The number of rotatable bonds is 5. The van der Waals surface area contributed by atoms with Crippen molar-refractivity contribution in [3.8, 4) is 5.75 Å². The zero-order valence-electron chi connectivity index (χ0n) is 13.5. The summed E-state index contributed by atoms with van der Waals surface area (Å²) in [6, 6.07) is 11.0. The molecule has 2 aromatic carbocycles. The molecule has 0 atom stereocenters. The van der Waals surface area contributed by atoms with Crippen molar-refractivity contribution in [3.63, 3.8) is 0 Å². The minimum atomic E-state index is -3.71. The number of anilines is 2. The van der Waals surface area contributed by atoms with Gasteiger partial charge in [0, 0.05) is 6.07 Å². The molecule has 0 radical (unpaired) electrons. The van der Waals surface area contributed by atoms with E-state index in [2.05, 4.69) is 14.8 Å². The SMILES string of the molecule is COC(=O)Nc1ccc(NS(=O)(=O)c2ccc(C)cc2)cc1OC. The van der Waals surface area contributed by atoms with Gasteiger partial charge in [0.2, 0.25) is 0 Å². The number of nitrogens with one attached hydrogen (secondary N) is 2. The van der Waals surface area contributed by atoms with Gasteiger partial charge in [-0.2, -0.15) is 0 Å². The van der Waals surface area contributed by atoms with Crippen LogP contribution in [0.4, 0.5) is 16.2 Å². The third-order valence-corrected chi connectivity index (χ3v) is 4.60.